The molecule has 0 saturated heterocycles. The summed E-state index contributed by atoms with van der Waals surface area (Å²) in [4.78, 5) is 24.0. The van der Waals surface area contributed by atoms with Gasteiger partial charge in [0.1, 0.15) is 11.9 Å². The minimum absolute atomic E-state index is 0.0178. The normalized spacial score (nSPS) is 31.0. The number of fused-ring (bicyclic) bond motifs is 1. The number of esters is 2. The van der Waals surface area contributed by atoms with Gasteiger partial charge in [-0.05, 0) is 60.4 Å². The first-order valence-corrected chi connectivity index (χ1v) is 10.6. The van der Waals surface area contributed by atoms with E-state index in [1.54, 1.807) is 24.3 Å². The number of aliphatic hydroxyl groups excluding tert-OH is 1. The van der Waals surface area contributed by atoms with Gasteiger partial charge in [-0.3, -0.25) is 4.79 Å². The molecule has 164 valence electrons. The van der Waals surface area contributed by atoms with Gasteiger partial charge < -0.3 is 19.7 Å². The van der Waals surface area contributed by atoms with E-state index in [1.807, 2.05) is 19.9 Å². The van der Waals surface area contributed by atoms with E-state index in [0.29, 0.717) is 24.2 Å². The molecule has 2 aliphatic carbocycles. The number of rotatable bonds is 5. The van der Waals surface area contributed by atoms with Gasteiger partial charge in [-0.1, -0.05) is 26.8 Å². The van der Waals surface area contributed by atoms with Crippen molar-refractivity contribution in [2.75, 3.05) is 6.61 Å². The third-order valence-corrected chi connectivity index (χ3v) is 6.89. The molecule has 2 N–H and O–H groups in total. The van der Waals surface area contributed by atoms with Crippen LogP contribution >= 0.6 is 0 Å². The minimum atomic E-state index is -0.933. The molecule has 0 aliphatic heterocycles. The Morgan fingerprint density at radius 3 is 2.43 bits per heavy atom. The highest BCUT2D eigenvalue weighted by atomic mass is 16.5. The molecule has 1 saturated carbocycles. The Bertz CT molecular complexity index is 827. The lowest BCUT2D eigenvalue weighted by molar-refractivity contribution is -0.131. The van der Waals surface area contributed by atoms with E-state index in [-0.39, 0.29) is 23.9 Å². The molecule has 0 bridgehead atoms. The Kier molecular flexibility index (Phi) is 6.39. The molecule has 0 unspecified atom stereocenters. The molecule has 0 aromatic heterocycles. The molecule has 1 fully saturated rings. The van der Waals surface area contributed by atoms with Crippen molar-refractivity contribution >= 4 is 11.9 Å². The molecule has 0 spiro atoms. The summed E-state index contributed by atoms with van der Waals surface area (Å²) in [5, 5.41) is 21.3. The van der Waals surface area contributed by atoms with E-state index < -0.39 is 23.6 Å². The van der Waals surface area contributed by atoms with Crippen molar-refractivity contribution in [3.05, 3.63) is 41.5 Å². The first-order valence-electron chi connectivity index (χ1n) is 10.6. The molecule has 2 aliphatic rings. The summed E-state index contributed by atoms with van der Waals surface area (Å²) < 4.78 is 11.0. The lowest BCUT2D eigenvalue weighted by Crippen LogP contribution is -2.50. The summed E-state index contributed by atoms with van der Waals surface area (Å²) in [6.45, 7) is 7.37. The smallest absolute Gasteiger partial charge is 0.338 e. The van der Waals surface area contributed by atoms with E-state index in [9.17, 15) is 19.8 Å². The second kappa shape index (κ2) is 8.52. The first kappa shape index (κ1) is 22.5. The van der Waals surface area contributed by atoms with Gasteiger partial charge in [-0.25, -0.2) is 4.79 Å². The molecule has 30 heavy (non-hydrogen) atoms. The number of hydrogen-bond donors (Lipinski definition) is 2. The van der Waals surface area contributed by atoms with Gasteiger partial charge in [0.25, 0.3) is 0 Å². The predicted molar refractivity (Wildman–Crippen MR) is 112 cm³/mol. The first-order chi connectivity index (χ1) is 14.1. The number of carbonyl (C=O) groups excluding carboxylic acids is 2. The Balaban J connectivity index is 1.88. The summed E-state index contributed by atoms with van der Waals surface area (Å²) in [6.07, 6.45) is 4.16. The lowest BCUT2D eigenvalue weighted by Gasteiger charge is -2.43. The Labute approximate surface area is 177 Å². The second-order valence-electron chi connectivity index (χ2n) is 9.27. The molecule has 3 rings (SSSR count). The highest BCUT2D eigenvalue weighted by molar-refractivity contribution is 5.89. The third kappa shape index (κ3) is 4.30. The van der Waals surface area contributed by atoms with E-state index >= 15 is 0 Å². The van der Waals surface area contributed by atoms with E-state index in [2.05, 4.69) is 6.92 Å². The number of aliphatic hydroxyl groups is 2. The fraction of sp³-hybridized carbons (Fsp3) is 0.583. The van der Waals surface area contributed by atoms with Crippen molar-refractivity contribution in [1.82, 2.24) is 0 Å². The molecule has 6 heteroatoms. The van der Waals surface area contributed by atoms with Gasteiger partial charge in [0.2, 0.25) is 0 Å². The predicted octanol–water partition coefficient (Wildman–Crippen LogP) is 3.65. The SMILES string of the molecule is CC(=O)Oc1ccc(C(=O)O[C@H]2CC(CO)=CC[C@@]3(C)CC[C@@](O)(C(C)C)[C@H]23)cc1. The summed E-state index contributed by atoms with van der Waals surface area (Å²) in [7, 11) is 0. The van der Waals surface area contributed by atoms with Crippen molar-refractivity contribution in [3.63, 3.8) is 0 Å². The average molecular weight is 417 g/mol. The summed E-state index contributed by atoms with van der Waals surface area (Å²) in [5.41, 5.74) is 0.0368. The van der Waals surface area contributed by atoms with Gasteiger partial charge in [0.05, 0.1) is 17.8 Å². The molecule has 1 aromatic carbocycles. The van der Waals surface area contributed by atoms with Gasteiger partial charge >= 0.3 is 11.9 Å². The third-order valence-electron chi connectivity index (χ3n) is 6.89. The Morgan fingerprint density at radius 2 is 1.87 bits per heavy atom. The fourth-order valence-corrected chi connectivity index (χ4v) is 5.15. The van der Waals surface area contributed by atoms with Gasteiger partial charge in [0.15, 0.2) is 0 Å². The van der Waals surface area contributed by atoms with Crippen LogP contribution in [0.25, 0.3) is 0 Å². The highest BCUT2D eigenvalue weighted by Gasteiger charge is 2.59. The standard InChI is InChI=1S/C24H32O6/c1-15(2)24(28)12-11-23(4)10-9-17(14-25)13-20(21(23)24)30-22(27)18-5-7-19(8-6-18)29-16(3)26/h5-9,15,20-21,25,28H,10-14H2,1-4H3/t20-,21+,23-,24+/m0/s1. The molecule has 4 atom stereocenters. The Morgan fingerprint density at radius 1 is 1.20 bits per heavy atom. The van der Waals surface area contributed by atoms with Crippen LogP contribution in [-0.4, -0.2) is 40.5 Å². The van der Waals surface area contributed by atoms with Crippen LogP contribution in [0.5, 0.6) is 5.75 Å². The zero-order valence-electron chi connectivity index (χ0n) is 18.2. The van der Waals surface area contributed by atoms with Gasteiger partial charge in [-0.15, -0.1) is 0 Å². The van der Waals surface area contributed by atoms with Gasteiger partial charge in [0, 0.05) is 19.3 Å². The summed E-state index contributed by atoms with van der Waals surface area (Å²) >= 11 is 0. The van der Waals surface area contributed by atoms with Crippen LogP contribution in [0.1, 0.15) is 63.7 Å². The van der Waals surface area contributed by atoms with E-state index in [4.69, 9.17) is 9.47 Å². The number of benzene rings is 1. The molecule has 6 nitrogen and oxygen atoms in total. The van der Waals surface area contributed by atoms with E-state index in [1.165, 1.54) is 6.92 Å². The van der Waals surface area contributed by atoms with Crippen molar-refractivity contribution < 1.29 is 29.3 Å². The molecule has 1 aromatic rings. The molecule has 0 radical (unpaired) electrons. The van der Waals surface area contributed by atoms with Gasteiger partial charge in [-0.2, -0.15) is 0 Å². The minimum Gasteiger partial charge on any atom is -0.458 e. The number of ether oxygens (including phenoxy) is 2. The lowest BCUT2D eigenvalue weighted by atomic mass is 9.67. The van der Waals surface area contributed by atoms with Crippen LogP contribution in [0.3, 0.4) is 0 Å². The average Bonchev–Trinajstić information content (AvgIpc) is 2.87. The maximum absolute atomic E-state index is 12.9. The van der Waals surface area contributed by atoms with Crippen LogP contribution in [0.15, 0.2) is 35.9 Å². The highest BCUT2D eigenvalue weighted by Crippen LogP contribution is 2.58. The molecular weight excluding hydrogens is 384 g/mol. The van der Waals surface area contributed by atoms with E-state index in [0.717, 1.165) is 18.4 Å². The van der Waals surface area contributed by atoms with Crippen molar-refractivity contribution in [2.24, 2.45) is 17.3 Å². The summed E-state index contributed by atoms with van der Waals surface area (Å²) in [6, 6.07) is 6.22. The summed E-state index contributed by atoms with van der Waals surface area (Å²) in [5.74, 6) is -0.773. The second-order valence-corrected chi connectivity index (χ2v) is 9.27. The zero-order valence-corrected chi connectivity index (χ0v) is 18.2. The number of carbonyl (C=O) groups is 2. The quantitative estimate of drug-likeness (QED) is 0.432. The van der Waals surface area contributed by atoms with Crippen LogP contribution in [0.2, 0.25) is 0 Å². The molecular formula is C24H32O6. The number of allylic oxidation sites excluding steroid dienone is 1. The van der Waals surface area contributed by atoms with Crippen LogP contribution in [-0.2, 0) is 9.53 Å². The molecule has 0 amide bonds. The van der Waals surface area contributed by atoms with Crippen LogP contribution in [0.4, 0.5) is 0 Å². The van der Waals surface area contributed by atoms with Crippen molar-refractivity contribution in [3.8, 4) is 5.75 Å². The van der Waals surface area contributed by atoms with Crippen LogP contribution < -0.4 is 4.74 Å². The number of hydrogen-bond acceptors (Lipinski definition) is 6. The maximum atomic E-state index is 12.9. The monoisotopic (exact) mass is 416 g/mol. The van der Waals surface area contributed by atoms with Crippen LogP contribution in [0, 0.1) is 17.3 Å². The maximum Gasteiger partial charge on any atom is 0.338 e. The van der Waals surface area contributed by atoms with Crippen molar-refractivity contribution in [1.29, 1.82) is 0 Å². The Hall–Kier alpha value is -2.18. The molecule has 0 heterocycles. The van der Waals surface area contributed by atoms with Crippen molar-refractivity contribution in [2.45, 2.75) is 65.1 Å². The fourth-order valence-electron chi connectivity index (χ4n) is 5.15. The largest absolute Gasteiger partial charge is 0.458 e. The topological polar surface area (TPSA) is 93.1 Å². The zero-order chi connectivity index (χ0) is 22.1.